The van der Waals surface area contributed by atoms with E-state index in [4.69, 9.17) is 0 Å². The number of hydrogen-bond donors (Lipinski definition) is 1. The highest BCUT2D eigenvalue weighted by molar-refractivity contribution is 5.25. The predicted molar refractivity (Wildman–Crippen MR) is 91.5 cm³/mol. The van der Waals surface area contributed by atoms with Gasteiger partial charge in [-0.1, -0.05) is 38.8 Å². The maximum absolute atomic E-state index is 10.0. The van der Waals surface area contributed by atoms with Crippen LogP contribution in [0.5, 0.6) is 0 Å². The van der Waals surface area contributed by atoms with Crippen molar-refractivity contribution in [2.24, 2.45) is 34.5 Å². The van der Waals surface area contributed by atoms with E-state index in [1.165, 1.54) is 51.4 Å². The highest BCUT2D eigenvalue weighted by Crippen LogP contribution is 2.67. The third kappa shape index (κ3) is 1.93. The largest absolute Gasteiger partial charge is 0.389 e. The van der Waals surface area contributed by atoms with E-state index in [0.717, 1.165) is 30.1 Å². The van der Waals surface area contributed by atoms with Gasteiger partial charge in [-0.2, -0.15) is 0 Å². The predicted octanol–water partition coefficient (Wildman–Crippen LogP) is 5.34. The van der Waals surface area contributed by atoms with Crippen LogP contribution in [0.3, 0.4) is 0 Å². The minimum atomic E-state index is -0.163. The van der Waals surface area contributed by atoms with Crippen molar-refractivity contribution in [1.29, 1.82) is 0 Å². The topological polar surface area (TPSA) is 20.2 Å². The van der Waals surface area contributed by atoms with Crippen LogP contribution in [0, 0.1) is 34.5 Å². The van der Waals surface area contributed by atoms with Crippen molar-refractivity contribution in [3.05, 3.63) is 11.6 Å². The van der Waals surface area contributed by atoms with Gasteiger partial charge in [0, 0.05) is 0 Å². The molecule has 1 N–H and O–H groups in total. The zero-order chi connectivity index (χ0) is 15.5. The summed E-state index contributed by atoms with van der Waals surface area (Å²) < 4.78 is 0. The lowest BCUT2D eigenvalue weighted by molar-refractivity contribution is -0.0554. The van der Waals surface area contributed by atoms with Gasteiger partial charge < -0.3 is 5.11 Å². The normalized spacial score (nSPS) is 54.2. The van der Waals surface area contributed by atoms with Gasteiger partial charge >= 0.3 is 0 Å². The van der Waals surface area contributed by atoms with Gasteiger partial charge in [0.05, 0.1) is 6.10 Å². The molecule has 4 aliphatic rings. The Labute approximate surface area is 136 Å². The Morgan fingerprint density at radius 1 is 1.05 bits per heavy atom. The van der Waals surface area contributed by atoms with Crippen LogP contribution in [0.15, 0.2) is 11.6 Å². The molecule has 0 bridgehead atoms. The first kappa shape index (κ1) is 15.2. The standard InChI is InChI=1S/C21H34O/c1-4-14-6-8-18-17-7-5-15-13-16(22)9-11-21(15,3)19(17)10-12-20(14,18)2/h13-14,16-19,22H,4-12H2,1-3H3/t14-,16-,17?,18?,19?,20+,21-/m0/s1. The molecule has 124 valence electrons. The minimum absolute atomic E-state index is 0.163. The molecule has 4 aliphatic carbocycles. The molecule has 0 aliphatic heterocycles. The summed E-state index contributed by atoms with van der Waals surface area (Å²) in [6, 6.07) is 0. The second kappa shape index (κ2) is 5.10. The van der Waals surface area contributed by atoms with Crippen LogP contribution < -0.4 is 0 Å². The second-order valence-electron chi connectivity index (χ2n) is 9.36. The van der Waals surface area contributed by atoms with Gasteiger partial charge in [-0.15, -0.1) is 0 Å². The van der Waals surface area contributed by atoms with Gasteiger partial charge in [-0.25, -0.2) is 0 Å². The van der Waals surface area contributed by atoms with E-state index in [0.29, 0.717) is 10.8 Å². The van der Waals surface area contributed by atoms with Crippen LogP contribution in [0.25, 0.3) is 0 Å². The molecule has 22 heavy (non-hydrogen) atoms. The average molecular weight is 303 g/mol. The number of aliphatic hydroxyl groups excluding tert-OH is 1. The second-order valence-corrected chi connectivity index (χ2v) is 9.36. The van der Waals surface area contributed by atoms with E-state index < -0.39 is 0 Å². The zero-order valence-corrected chi connectivity index (χ0v) is 14.8. The first-order chi connectivity index (χ1) is 10.5. The molecule has 0 heterocycles. The maximum atomic E-state index is 10.0. The number of aliphatic hydroxyl groups is 1. The number of hydrogen-bond acceptors (Lipinski definition) is 1. The fraction of sp³-hybridized carbons (Fsp3) is 0.905. The summed E-state index contributed by atoms with van der Waals surface area (Å²) in [5, 5.41) is 10.0. The van der Waals surface area contributed by atoms with E-state index >= 15 is 0 Å². The number of rotatable bonds is 1. The molecule has 3 fully saturated rings. The lowest BCUT2D eigenvalue weighted by atomic mass is 9.46. The summed E-state index contributed by atoms with van der Waals surface area (Å²) >= 11 is 0. The third-order valence-corrected chi connectivity index (χ3v) is 8.78. The van der Waals surface area contributed by atoms with E-state index in [1.54, 1.807) is 5.57 Å². The molecule has 0 aromatic carbocycles. The van der Waals surface area contributed by atoms with Gasteiger partial charge in [0.1, 0.15) is 0 Å². The lowest BCUT2D eigenvalue weighted by Crippen LogP contribution is -2.50. The fourth-order valence-corrected chi connectivity index (χ4v) is 7.49. The number of allylic oxidation sites excluding steroid dienone is 1. The molecule has 1 heteroatoms. The highest BCUT2D eigenvalue weighted by atomic mass is 16.3. The van der Waals surface area contributed by atoms with Crippen molar-refractivity contribution < 1.29 is 5.11 Å². The first-order valence-electron chi connectivity index (χ1n) is 9.88. The van der Waals surface area contributed by atoms with Gasteiger partial charge in [-0.05, 0) is 85.9 Å². The lowest BCUT2D eigenvalue weighted by Gasteiger charge is -2.58. The highest BCUT2D eigenvalue weighted by Gasteiger charge is 2.58. The molecular formula is C21H34O. The van der Waals surface area contributed by atoms with Gasteiger partial charge in [0.25, 0.3) is 0 Å². The van der Waals surface area contributed by atoms with E-state index in [-0.39, 0.29) is 6.10 Å². The molecule has 0 saturated heterocycles. The molecule has 0 aromatic heterocycles. The smallest absolute Gasteiger partial charge is 0.0724 e. The summed E-state index contributed by atoms with van der Waals surface area (Å²) in [4.78, 5) is 0. The molecule has 7 atom stereocenters. The zero-order valence-electron chi connectivity index (χ0n) is 14.8. The van der Waals surface area contributed by atoms with Crippen molar-refractivity contribution in [1.82, 2.24) is 0 Å². The summed E-state index contributed by atoms with van der Waals surface area (Å²) in [6.07, 6.45) is 14.2. The number of fused-ring (bicyclic) bond motifs is 5. The summed E-state index contributed by atoms with van der Waals surface area (Å²) in [5.41, 5.74) is 2.66. The van der Waals surface area contributed by atoms with E-state index in [9.17, 15) is 5.11 Å². The Kier molecular flexibility index (Phi) is 3.53. The van der Waals surface area contributed by atoms with Crippen LogP contribution in [0.2, 0.25) is 0 Å². The van der Waals surface area contributed by atoms with Gasteiger partial charge in [0.2, 0.25) is 0 Å². The molecule has 0 amide bonds. The first-order valence-corrected chi connectivity index (χ1v) is 9.88. The molecular weight excluding hydrogens is 268 g/mol. The maximum Gasteiger partial charge on any atom is 0.0724 e. The van der Waals surface area contributed by atoms with Gasteiger partial charge in [-0.3, -0.25) is 0 Å². The van der Waals surface area contributed by atoms with Crippen molar-refractivity contribution in [2.75, 3.05) is 0 Å². The van der Waals surface area contributed by atoms with E-state index in [1.807, 2.05) is 0 Å². The van der Waals surface area contributed by atoms with Crippen molar-refractivity contribution in [2.45, 2.75) is 84.7 Å². The quantitative estimate of drug-likeness (QED) is 0.648. The molecule has 0 spiro atoms. The Balaban J connectivity index is 1.65. The minimum Gasteiger partial charge on any atom is -0.389 e. The van der Waals surface area contributed by atoms with Crippen LogP contribution in [-0.4, -0.2) is 11.2 Å². The Morgan fingerprint density at radius 3 is 2.64 bits per heavy atom. The van der Waals surface area contributed by atoms with Crippen LogP contribution >= 0.6 is 0 Å². The third-order valence-electron chi connectivity index (χ3n) is 8.78. The van der Waals surface area contributed by atoms with Crippen molar-refractivity contribution >= 4 is 0 Å². The van der Waals surface area contributed by atoms with E-state index in [2.05, 4.69) is 26.8 Å². The SMILES string of the molecule is CC[C@H]1CCC2C3CCC4=C[C@@H](O)CC[C@]4(C)C3CC[C@@]21C. The summed E-state index contributed by atoms with van der Waals surface area (Å²) in [6.45, 7) is 7.58. The Bertz CT molecular complexity index is 480. The van der Waals surface area contributed by atoms with Crippen LogP contribution in [-0.2, 0) is 0 Å². The van der Waals surface area contributed by atoms with Crippen LogP contribution in [0.1, 0.15) is 78.6 Å². The molecule has 0 aromatic rings. The Hall–Kier alpha value is -0.300. The average Bonchev–Trinajstić information content (AvgIpc) is 2.84. The van der Waals surface area contributed by atoms with Gasteiger partial charge in [0.15, 0.2) is 0 Å². The Morgan fingerprint density at radius 2 is 1.86 bits per heavy atom. The molecule has 1 nitrogen and oxygen atoms in total. The fourth-order valence-electron chi connectivity index (χ4n) is 7.49. The summed E-state index contributed by atoms with van der Waals surface area (Å²) in [7, 11) is 0. The van der Waals surface area contributed by atoms with Crippen molar-refractivity contribution in [3.63, 3.8) is 0 Å². The molecule has 3 saturated carbocycles. The molecule has 0 radical (unpaired) electrons. The monoisotopic (exact) mass is 302 g/mol. The molecule has 3 unspecified atom stereocenters. The van der Waals surface area contributed by atoms with Crippen molar-refractivity contribution in [3.8, 4) is 0 Å². The molecule has 4 rings (SSSR count). The summed E-state index contributed by atoms with van der Waals surface area (Å²) in [5.74, 6) is 3.83. The van der Waals surface area contributed by atoms with Crippen LogP contribution in [0.4, 0.5) is 0 Å².